The maximum Gasteiger partial charge on any atom is 0.234 e. The second-order valence-electron chi connectivity index (χ2n) is 10.6. The summed E-state index contributed by atoms with van der Waals surface area (Å²) in [5.74, 6) is -0.666. The van der Waals surface area contributed by atoms with Crippen molar-refractivity contribution >= 4 is 46.4 Å². The van der Waals surface area contributed by atoms with Crippen LogP contribution in [0.2, 0.25) is 5.02 Å². The third-order valence-corrected chi connectivity index (χ3v) is 9.59. The highest BCUT2D eigenvalue weighted by molar-refractivity contribution is 7.09. The van der Waals surface area contributed by atoms with Gasteiger partial charge in [-0.3, -0.25) is 19.5 Å². The highest BCUT2D eigenvalue weighted by Crippen LogP contribution is 2.51. The number of hydrogen-bond donors (Lipinski definition) is 1. The van der Waals surface area contributed by atoms with E-state index in [1.165, 1.54) is 22.1 Å². The lowest BCUT2D eigenvalue weighted by Crippen LogP contribution is -2.34. The molecule has 2 fully saturated rings. The number of fused-ring (bicyclic) bond motifs is 3. The van der Waals surface area contributed by atoms with Crippen molar-refractivity contribution in [2.75, 3.05) is 6.61 Å². The number of allylic oxidation sites excluding steroid dienone is 2. The molecule has 3 aromatic rings. The van der Waals surface area contributed by atoms with Gasteiger partial charge in [-0.2, -0.15) is 0 Å². The lowest BCUT2D eigenvalue weighted by molar-refractivity contribution is -0.140. The predicted molar refractivity (Wildman–Crippen MR) is 156 cm³/mol. The van der Waals surface area contributed by atoms with Crippen LogP contribution in [0.3, 0.4) is 0 Å². The zero-order valence-electron chi connectivity index (χ0n) is 22.3. The molecule has 2 aliphatic heterocycles. The quantitative estimate of drug-likeness (QED) is 0.238. The fraction of sp³-hybridized carbons (Fsp3) is 0.344. The molecule has 0 bridgehead atoms. The smallest absolute Gasteiger partial charge is 0.234 e. The first kappa shape index (κ1) is 26.9. The van der Waals surface area contributed by atoms with Gasteiger partial charge in [0, 0.05) is 17.0 Å². The summed E-state index contributed by atoms with van der Waals surface area (Å²) in [4.78, 5) is 34.1. The Morgan fingerprint density at radius 1 is 1.18 bits per heavy atom. The molecule has 0 spiro atoms. The number of hydrogen-bond acceptors (Lipinski definition) is 6. The molecule has 2 saturated heterocycles. The number of nitrogens with zero attached hydrogens (tertiary/aromatic N) is 2. The number of aromatic nitrogens is 1. The van der Waals surface area contributed by atoms with E-state index in [0.29, 0.717) is 31.0 Å². The van der Waals surface area contributed by atoms with Crippen LogP contribution in [0.15, 0.2) is 71.3 Å². The first-order valence-electron chi connectivity index (χ1n) is 13.8. The highest BCUT2D eigenvalue weighted by atomic mass is 35.5. The summed E-state index contributed by atoms with van der Waals surface area (Å²) in [7, 11) is 0. The monoisotopic (exact) mass is 574 g/mol. The van der Waals surface area contributed by atoms with Crippen LogP contribution in [0.1, 0.15) is 48.7 Å². The van der Waals surface area contributed by atoms with E-state index in [1.54, 1.807) is 29.7 Å². The lowest BCUT2D eigenvalue weighted by atomic mass is 9.69. The number of phenolic OH excluding ortho intramolecular Hbond substituents is 1. The molecule has 6 nitrogen and oxygen atoms in total. The number of carbonyl (C=O) groups excluding carboxylic acids is 2. The zero-order valence-corrected chi connectivity index (χ0v) is 23.8. The molecule has 0 saturated carbocycles. The number of amides is 2. The normalized spacial score (nSPS) is 24.6. The zero-order chi connectivity index (χ0) is 27.8. The van der Waals surface area contributed by atoms with Gasteiger partial charge in [0.05, 0.1) is 41.8 Å². The van der Waals surface area contributed by atoms with Crippen molar-refractivity contribution in [2.24, 2.45) is 17.8 Å². The van der Waals surface area contributed by atoms with Gasteiger partial charge < -0.3 is 9.84 Å². The number of likely N-dealkylation sites (tertiary alicyclic amines) is 1. The van der Waals surface area contributed by atoms with Gasteiger partial charge in [-0.1, -0.05) is 36.2 Å². The largest absolute Gasteiger partial charge is 0.508 e. The molecular weight excluding hydrogens is 544 g/mol. The Morgan fingerprint density at radius 2 is 2.05 bits per heavy atom. The summed E-state index contributed by atoms with van der Waals surface area (Å²) >= 11 is 8.00. The van der Waals surface area contributed by atoms with Crippen molar-refractivity contribution in [3.63, 3.8) is 0 Å². The number of carbonyl (C=O) groups is 2. The number of halogens is 1. The van der Waals surface area contributed by atoms with E-state index in [4.69, 9.17) is 16.3 Å². The van der Waals surface area contributed by atoms with Crippen LogP contribution >= 0.6 is 22.9 Å². The van der Waals surface area contributed by atoms with Crippen LogP contribution in [0.4, 0.5) is 0 Å². The highest BCUT2D eigenvalue weighted by Gasteiger charge is 2.56. The van der Waals surface area contributed by atoms with E-state index >= 15 is 0 Å². The topological polar surface area (TPSA) is 79.7 Å². The molecule has 40 heavy (non-hydrogen) atoms. The number of thiophene rings is 1. The SMILES string of the molecule is CCC1=C2[C@@H](CC/C(=C/c3ccc(O)cc3Cl)c3ccccn3)OC[C@@H]2[C@@H]2C(=O)N(Cc3cccs3)C(=O)[C@@H]2C1. The Kier molecular flexibility index (Phi) is 7.62. The lowest BCUT2D eigenvalue weighted by Gasteiger charge is -2.31. The van der Waals surface area contributed by atoms with Crippen molar-refractivity contribution in [2.45, 2.75) is 45.3 Å². The number of ether oxygens (including phenoxy) is 1. The van der Waals surface area contributed by atoms with Crippen molar-refractivity contribution in [1.29, 1.82) is 0 Å². The van der Waals surface area contributed by atoms with Crippen LogP contribution < -0.4 is 0 Å². The Bertz CT molecular complexity index is 1480. The van der Waals surface area contributed by atoms with E-state index in [0.717, 1.165) is 34.5 Å². The molecule has 1 N–H and O–H groups in total. The van der Waals surface area contributed by atoms with Crippen LogP contribution in [0.25, 0.3) is 11.6 Å². The minimum atomic E-state index is -0.343. The summed E-state index contributed by atoms with van der Waals surface area (Å²) in [6.45, 7) is 2.95. The van der Waals surface area contributed by atoms with Gasteiger partial charge in [0.1, 0.15) is 5.75 Å². The molecule has 8 heteroatoms. The molecule has 3 aliphatic rings. The molecule has 4 heterocycles. The maximum absolute atomic E-state index is 13.6. The van der Waals surface area contributed by atoms with Gasteiger partial charge in [0.25, 0.3) is 0 Å². The van der Waals surface area contributed by atoms with E-state index in [2.05, 4.69) is 11.9 Å². The Balaban J connectivity index is 1.25. The first-order valence-corrected chi connectivity index (χ1v) is 15.0. The summed E-state index contributed by atoms with van der Waals surface area (Å²) in [6.07, 6.45) is 6.57. The molecular formula is C32H31ClN2O4S. The minimum Gasteiger partial charge on any atom is -0.508 e. The molecule has 0 radical (unpaired) electrons. The van der Waals surface area contributed by atoms with E-state index in [1.807, 2.05) is 41.8 Å². The second-order valence-corrected chi connectivity index (χ2v) is 12.1. The molecule has 6 rings (SSSR count). The molecule has 1 aliphatic carbocycles. The molecule has 2 aromatic heterocycles. The van der Waals surface area contributed by atoms with Crippen LogP contribution in [0, 0.1) is 17.8 Å². The van der Waals surface area contributed by atoms with Gasteiger partial charge in [0.15, 0.2) is 0 Å². The Hall–Kier alpha value is -3.26. The fourth-order valence-corrected chi connectivity index (χ4v) is 7.45. The van der Waals surface area contributed by atoms with Gasteiger partial charge in [0.2, 0.25) is 11.8 Å². The van der Waals surface area contributed by atoms with Crippen LogP contribution in [-0.4, -0.2) is 39.5 Å². The van der Waals surface area contributed by atoms with Gasteiger partial charge in [-0.25, -0.2) is 0 Å². The molecule has 1 aromatic carbocycles. The standard InChI is InChI=1S/C32H31ClN2O4S/c1-2-19-15-24-30(32(38)35(31(24)37)17-23-6-5-13-40-23)25-18-39-28(29(19)25)11-9-21(27-7-3-4-12-34-27)14-20-8-10-22(36)16-26(20)33/h3-8,10,12-14,16,24-25,28,30,36H,2,9,11,15,17-18H2,1H3/b21-14-/t24-,25+,28-,30-/m1/s1. The average molecular weight is 575 g/mol. The number of pyridine rings is 1. The van der Waals surface area contributed by atoms with Crippen molar-refractivity contribution < 1.29 is 19.4 Å². The summed E-state index contributed by atoms with van der Waals surface area (Å²) in [5, 5.41) is 12.2. The number of phenols is 1. The fourth-order valence-electron chi connectivity index (χ4n) is 6.53. The summed E-state index contributed by atoms with van der Waals surface area (Å²) < 4.78 is 6.40. The number of imide groups is 1. The van der Waals surface area contributed by atoms with E-state index in [9.17, 15) is 14.7 Å². The van der Waals surface area contributed by atoms with E-state index < -0.39 is 0 Å². The van der Waals surface area contributed by atoms with Crippen LogP contribution in [-0.2, 0) is 20.9 Å². The number of aromatic hydroxyl groups is 1. The van der Waals surface area contributed by atoms with Crippen LogP contribution in [0.5, 0.6) is 5.75 Å². The Morgan fingerprint density at radius 3 is 2.77 bits per heavy atom. The molecule has 2 amide bonds. The second kappa shape index (κ2) is 11.3. The predicted octanol–water partition coefficient (Wildman–Crippen LogP) is 6.75. The summed E-state index contributed by atoms with van der Waals surface area (Å²) in [5.41, 5.74) is 5.17. The third kappa shape index (κ3) is 5.02. The third-order valence-electron chi connectivity index (χ3n) is 8.40. The van der Waals surface area contributed by atoms with Gasteiger partial charge >= 0.3 is 0 Å². The average Bonchev–Trinajstić information content (AvgIpc) is 3.69. The Labute approximate surface area is 243 Å². The van der Waals surface area contributed by atoms with Gasteiger partial charge in [-0.05, 0) is 90.2 Å². The van der Waals surface area contributed by atoms with Gasteiger partial charge in [-0.15, -0.1) is 11.3 Å². The molecule has 4 atom stereocenters. The minimum absolute atomic E-state index is 0.0389. The summed E-state index contributed by atoms with van der Waals surface area (Å²) in [6, 6.07) is 14.7. The molecule has 0 unspecified atom stereocenters. The van der Waals surface area contributed by atoms with Crippen molar-refractivity contribution in [1.82, 2.24) is 9.88 Å². The van der Waals surface area contributed by atoms with E-state index in [-0.39, 0.29) is 41.4 Å². The van der Waals surface area contributed by atoms with Crippen molar-refractivity contribution in [3.8, 4) is 5.75 Å². The first-order chi connectivity index (χ1) is 19.4. The van der Waals surface area contributed by atoms with Crippen molar-refractivity contribution in [3.05, 3.63) is 92.4 Å². The number of rotatable bonds is 8. The number of benzene rings is 1. The molecule has 206 valence electrons. The maximum atomic E-state index is 13.6.